The summed E-state index contributed by atoms with van der Waals surface area (Å²) in [5.74, 6) is -1.22. The van der Waals surface area contributed by atoms with Crippen molar-refractivity contribution < 1.29 is 14.7 Å². The fourth-order valence-corrected chi connectivity index (χ4v) is 1.51. The molecule has 4 nitrogen and oxygen atoms in total. The van der Waals surface area contributed by atoms with Crippen molar-refractivity contribution in [3.8, 4) is 0 Å². The second-order valence-electron chi connectivity index (χ2n) is 3.21. The average Bonchev–Trinajstić information content (AvgIpc) is 2.16. The number of aromatic carboxylic acids is 1. The SMILES string of the molecule is O=C1CCc2cc(C(=O)[O-])ccc2N1. The number of carbonyl (C=O) groups excluding carboxylic acids is 2. The smallest absolute Gasteiger partial charge is 0.224 e. The molecule has 0 fully saturated rings. The number of carbonyl (C=O) groups is 2. The Morgan fingerprint density at radius 1 is 1.36 bits per heavy atom. The molecular weight excluding hydrogens is 182 g/mol. The molecule has 1 aliphatic rings. The van der Waals surface area contributed by atoms with Crippen molar-refractivity contribution in [1.29, 1.82) is 0 Å². The van der Waals surface area contributed by atoms with Gasteiger partial charge < -0.3 is 15.2 Å². The molecule has 72 valence electrons. The molecule has 0 aliphatic carbocycles. The number of hydrogen-bond donors (Lipinski definition) is 1. The van der Waals surface area contributed by atoms with Gasteiger partial charge in [0, 0.05) is 12.1 Å². The summed E-state index contributed by atoms with van der Waals surface area (Å²) in [5, 5.41) is 13.2. The quantitative estimate of drug-likeness (QED) is 0.674. The van der Waals surface area contributed by atoms with Crippen molar-refractivity contribution in [2.24, 2.45) is 0 Å². The van der Waals surface area contributed by atoms with Gasteiger partial charge in [-0.2, -0.15) is 0 Å². The third kappa shape index (κ3) is 1.46. The lowest BCUT2D eigenvalue weighted by Gasteiger charge is -2.17. The van der Waals surface area contributed by atoms with Gasteiger partial charge in [-0.05, 0) is 29.7 Å². The Balaban J connectivity index is 2.41. The number of rotatable bonds is 1. The molecule has 0 saturated heterocycles. The summed E-state index contributed by atoms with van der Waals surface area (Å²) >= 11 is 0. The Morgan fingerprint density at radius 3 is 2.86 bits per heavy atom. The number of benzene rings is 1. The molecule has 1 aromatic rings. The van der Waals surface area contributed by atoms with Gasteiger partial charge in [0.25, 0.3) is 0 Å². The van der Waals surface area contributed by atoms with Gasteiger partial charge in [0.1, 0.15) is 0 Å². The first-order chi connectivity index (χ1) is 6.66. The van der Waals surface area contributed by atoms with Crippen LogP contribution in [0.25, 0.3) is 0 Å². The van der Waals surface area contributed by atoms with E-state index in [-0.39, 0.29) is 11.5 Å². The molecule has 2 rings (SSSR count). The van der Waals surface area contributed by atoms with Gasteiger partial charge in [0.15, 0.2) is 0 Å². The number of carboxylic acids is 1. The van der Waals surface area contributed by atoms with Crippen LogP contribution < -0.4 is 10.4 Å². The summed E-state index contributed by atoms with van der Waals surface area (Å²) in [6.45, 7) is 0. The average molecular weight is 190 g/mol. The minimum absolute atomic E-state index is 0.0290. The van der Waals surface area contributed by atoms with Crippen LogP contribution in [0, 0.1) is 0 Å². The van der Waals surface area contributed by atoms with Crippen LogP contribution in [0.1, 0.15) is 22.3 Å². The first-order valence-electron chi connectivity index (χ1n) is 4.31. The van der Waals surface area contributed by atoms with E-state index in [0.717, 1.165) is 5.56 Å². The van der Waals surface area contributed by atoms with Crippen LogP contribution >= 0.6 is 0 Å². The number of carboxylic acid groups (broad SMARTS) is 1. The van der Waals surface area contributed by atoms with Crippen LogP contribution in [0.3, 0.4) is 0 Å². The summed E-state index contributed by atoms with van der Waals surface area (Å²) in [7, 11) is 0. The molecule has 0 spiro atoms. The number of anilines is 1. The van der Waals surface area contributed by atoms with Gasteiger partial charge in [-0.1, -0.05) is 6.07 Å². The minimum atomic E-state index is -1.19. The summed E-state index contributed by atoms with van der Waals surface area (Å²) in [5.41, 5.74) is 1.71. The molecule has 0 saturated carbocycles. The van der Waals surface area contributed by atoms with E-state index in [0.29, 0.717) is 18.5 Å². The van der Waals surface area contributed by atoms with Crippen LogP contribution in [0.15, 0.2) is 18.2 Å². The lowest BCUT2D eigenvalue weighted by Crippen LogP contribution is -2.24. The highest BCUT2D eigenvalue weighted by atomic mass is 16.4. The first-order valence-corrected chi connectivity index (χ1v) is 4.31. The standard InChI is InChI=1S/C10H9NO3/c12-9-4-2-6-5-7(10(13)14)1-3-8(6)11-9/h1,3,5H,2,4H2,(H,11,12)(H,13,14)/p-1. The van der Waals surface area contributed by atoms with Crippen molar-refractivity contribution in [2.75, 3.05) is 5.32 Å². The second kappa shape index (κ2) is 3.14. The molecule has 1 heterocycles. The monoisotopic (exact) mass is 190 g/mol. The van der Waals surface area contributed by atoms with E-state index in [1.54, 1.807) is 12.1 Å². The molecule has 4 heteroatoms. The van der Waals surface area contributed by atoms with Crippen LogP contribution in [0.4, 0.5) is 5.69 Å². The zero-order chi connectivity index (χ0) is 10.1. The number of nitrogens with one attached hydrogen (secondary N) is 1. The molecule has 0 radical (unpaired) electrons. The maximum atomic E-state index is 11.0. The minimum Gasteiger partial charge on any atom is -0.545 e. The zero-order valence-electron chi connectivity index (χ0n) is 7.37. The van der Waals surface area contributed by atoms with Crippen molar-refractivity contribution >= 4 is 17.6 Å². The fraction of sp³-hybridized carbons (Fsp3) is 0.200. The van der Waals surface area contributed by atoms with E-state index in [9.17, 15) is 14.7 Å². The summed E-state index contributed by atoms with van der Waals surface area (Å²) in [6.07, 6.45) is 0.992. The van der Waals surface area contributed by atoms with Gasteiger partial charge in [-0.3, -0.25) is 4.79 Å². The van der Waals surface area contributed by atoms with E-state index in [1.165, 1.54) is 6.07 Å². The van der Waals surface area contributed by atoms with Crippen molar-refractivity contribution in [2.45, 2.75) is 12.8 Å². The van der Waals surface area contributed by atoms with E-state index in [1.807, 2.05) is 0 Å². The van der Waals surface area contributed by atoms with Crippen molar-refractivity contribution in [3.05, 3.63) is 29.3 Å². The zero-order valence-corrected chi connectivity index (χ0v) is 7.37. The van der Waals surface area contributed by atoms with E-state index in [4.69, 9.17) is 0 Å². The van der Waals surface area contributed by atoms with Crippen molar-refractivity contribution in [3.63, 3.8) is 0 Å². The van der Waals surface area contributed by atoms with Crippen LogP contribution in [0.5, 0.6) is 0 Å². The van der Waals surface area contributed by atoms with Gasteiger partial charge in [0.05, 0.1) is 5.97 Å². The first kappa shape index (κ1) is 8.74. The molecule has 1 amide bonds. The molecule has 14 heavy (non-hydrogen) atoms. The van der Waals surface area contributed by atoms with Crippen LogP contribution in [-0.2, 0) is 11.2 Å². The third-order valence-corrected chi connectivity index (χ3v) is 2.24. The van der Waals surface area contributed by atoms with Gasteiger partial charge in [0.2, 0.25) is 5.91 Å². The highest BCUT2D eigenvalue weighted by molar-refractivity contribution is 5.95. The highest BCUT2D eigenvalue weighted by Crippen LogP contribution is 2.23. The second-order valence-corrected chi connectivity index (χ2v) is 3.21. The molecular formula is C10H8NO3-. The van der Waals surface area contributed by atoms with Crippen LogP contribution in [0.2, 0.25) is 0 Å². The fourth-order valence-electron chi connectivity index (χ4n) is 1.51. The molecule has 0 bridgehead atoms. The topological polar surface area (TPSA) is 69.2 Å². The molecule has 1 N–H and O–H groups in total. The number of hydrogen-bond acceptors (Lipinski definition) is 3. The lowest BCUT2D eigenvalue weighted by molar-refractivity contribution is -0.255. The summed E-state index contributed by atoms with van der Waals surface area (Å²) in [4.78, 5) is 21.6. The number of fused-ring (bicyclic) bond motifs is 1. The largest absolute Gasteiger partial charge is 0.545 e. The van der Waals surface area contributed by atoms with Crippen molar-refractivity contribution in [1.82, 2.24) is 0 Å². The van der Waals surface area contributed by atoms with E-state index in [2.05, 4.69) is 5.32 Å². The number of aryl methyl sites for hydroxylation is 1. The summed E-state index contributed by atoms with van der Waals surface area (Å²) < 4.78 is 0. The Hall–Kier alpha value is -1.84. The maximum absolute atomic E-state index is 11.0. The normalized spacial score (nSPS) is 14.4. The van der Waals surface area contributed by atoms with Gasteiger partial charge >= 0.3 is 0 Å². The summed E-state index contributed by atoms with van der Waals surface area (Å²) in [6, 6.07) is 4.57. The molecule has 1 aliphatic heterocycles. The Bertz CT molecular complexity index is 412. The molecule has 0 aromatic heterocycles. The molecule has 0 unspecified atom stereocenters. The lowest BCUT2D eigenvalue weighted by atomic mass is 10.0. The Kier molecular flexibility index (Phi) is 1.96. The number of amides is 1. The Labute approximate surface area is 80.6 Å². The molecule has 0 atom stereocenters. The van der Waals surface area contributed by atoms with Gasteiger partial charge in [-0.25, -0.2) is 0 Å². The predicted molar refractivity (Wildman–Crippen MR) is 47.7 cm³/mol. The van der Waals surface area contributed by atoms with E-state index < -0.39 is 5.97 Å². The third-order valence-electron chi connectivity index (χ3n) is 2.24. The predicted octanol–water partition coefficient (Wildman–Crippen LogP) is -0.0652. The van der Waals surface area contributed by atoms with E-state index >= 15 is 0 Å². The highest BCUT2D eigenvalue weighted by Gasteiger charge is 2.14. The molecule has 1 aromatic carbocycles. The van der Waals surface area contributed by atoms with Crippen LogP contribution in [-0.4, -0.2) is 11.9 Å². The maximum Gasteiger partial charge on any atom is 0.224 e. The Morgan fingerprint density at radius 2 is 2.14 bits per heavy atom. The van der Waals surface area contributed by atoms with Gasteiger partial charge in [-0.15, -0.1) is 0 Å².